The Morgan fingerprint density at radius 3 is 2.67 bits per heavy atom. The number of hydrogen-bond acceptors (Lipinski definition) is 3. The van der Waals surface area contributed by atoms with Crippen LogP contribution in [0.15, 0.2) is 0 Å². The summed E-state index contributed by atoms with van der Waals surface area (Å²) in [4.78, 5) is 5.23. The standard InChI is InChI=1S/C9H18N2O/c1-12-11-5-4-9(10)8(6-11)7-2-3-7/h7-9H,2-6,10H2,1H3. The smallest absolute Gasteiger partial charge is 0.0575 e. The van der Waals surface area contributed by atoms with E-state index < -0.39 is 0 Å². The molecule has 0 aromatic carbocycles. The molecule has 70 valence electrons. The van der Waals surface area contributed by atoms with Crippen molar-refractivity contribution in [2.45, 2.75) is 25.3 Å². The molecule has 0 bridgehead atoms. The van der Waals surface area contributed by atoms with E-state index in [2.05, 4.69) is 0 Å². The number of hydrogen-bond donors (Lipinski definition) is 1. The lowest BCUT2D eigenvalue weighted by Crippen LogP contribution is -2.47. The van der Waals surface area contributed by atoms with Crippen molar-refractivity contribution in [3.05, 3.63) is 0 Å². The fourth-order valence-electron chi connectivity index (χ4n) is 2.16. The number of nitrogens with zero attached hydrogens (tertiary/aromatic N) is 1. The van der Waals surface area contributed by atoms with Gasteiger partial charge < -0.3 is 10.6 Å². The molecule has 2 N–H and O–H groups in total. The zero-order chi connectivity index (χ0) is 8.55. The molecule has 0 aromatic rings. The van der Waals surface area contributed by atoms with Crippen LogP contribution in [-0.4, -0.2) is 31.3 Å². The number of piperidine rings is 1. The summed E-state index contributed by atoms with van der Waals surface area (Å²) >= 11 is 0. The van der Waals surface area contributed by atoms with Crippen LogP contribution in [-0.2, 0) is 4.84 Å². The summed E-state index contributed by atoms with van der Waals surface area (Å²) in [5.41, 5.74) is 6.05. The van der Waals surface area contributed by atoms with Crippen molar-refractivity contribution < 1.29 is 4.84 Å². The van der Waals surface area contributed by atoms with Crippen LogP contribution in [0, 0.1) is 11.8 Å². The van der Waals surface area contributed by atoms with Gasteiger partial charge in [-0.25, -0.2) is 0 Å². The summed E-state index contributed by atoms with van der Waals surface area (Å²) in [6.07, 6.45) is 3.86. The average Bonchev–Trinajstić information content (AvgIpc) is 2.88. The van der Waals surface area contributed by atoms with Crippen molar-refractivity contribution in [2.75, 3.05) is 20.2 Å². The zero-order valence-corrected chi connectivity index (χ0v) is 7.70. The molecule has 1 aliphatic carbocycles. The van der Waals surface area contributed by atoms with Crippen LogP contribution < -0.4 is 5.73 Å². The van der Waals surface area contributed by atoms with Crippen molar-refractivity contribution >= 4 is 0 Å². The van der Waals surface area contributed by atoms with Gasteiger partial charge in [0.2, 0.25) is 0 Å². The summed E-state index contributed by atoms with van der Waals surface area (Å²) in [5, 5.41) is 2.05. The molecule has 0 aromatic heterocycles. The summed E-state index contributed by atoms with van der Waals surface area (Å²) in [6.45, 7) is 2.04. The van der Waals surface area contributed by atoms with Crippen LogP contribution in [0.25, 0.3) is 0 Å². The van der Waals surface area contributed by atoms with Crippen LogP contribution >= 0.6 is 0 Å². The molecular weight excluding hydrogens is 152 g/mol. The molecule has 0 spiro atoms. The highest BCUT2D eigenvalue weighted by Gasteiger charge is 2.38. The number of rotatable bonds is 2. The minimum absolute atomic E-state index is 0.420. The molecule has 1 saturated heterocycles. The Labute approximate surface area is 73.8 Å². The maximum absolute atomic E-state index is 6.05. The second-order valence-corrected chi connectivity index (χ2v) is 4.02. The molecule has 1 aliphatic heterocycles. The minimum atomic E-state index is 0.420. The number of hydroxylamine groups is 2. The van der Waals surface area contributed by atoms with E-state index in [9.17, 15) is 0 Å². The van der Waals surface area contributed by atoms with Gasteiger partial charge in [0.15, 0.2) is 0 Å². The molecule has 0 amide bonds. The number of nitrogens with two attached hydrogens (primary N) is 1. The Hall–Kier alpha value is -0.120. The monoisotopic (exact) mass is 170 g/mol. The molecule has 1 heterocycles. The molecular formula is C9H18N2O. The van der Waals surface area contributed by atoms with Gasteiger partial charge in [-0.15, -0.1) is 0 Å². The maximum Gasteiger partial charge on any atom is 0.0575 e. The quantitative estimate of drug-likeness (QED) is 0.660. The van der Waals surface area contributed by atoms with Gasteiger partial charge in [0, 0.05) is 19.1 Å². The Morgan fingerprint density at radius 2 is 2.08 bits per heavy atom. The molecule has 1 saturated carbocycles. The van der Waals surface area contributed by atoms with E-state index in [0.717, 1.165) is 25.4 Å². The average molecular weight is 170 g/mol. The second kappa shape index (κ2) is 3.32. The summed E-state index contributed by atoms with van der Waals surface area (Å²) < 4.78 is 0. The molecule has 2 rings (SSSR count). The molecule has 3 heteroatoms. The summed E-state index contributed by atoms with van der Waals surface area (Å²) in [5.74, 6) is 1.59. The predicted molar refractivity (Wildman–Crippen MR) is 47.4 cm³/mol. The van der Waals surface area contributed by atoms with Gasteiger partial charge in [-0.05, 0) is 31.1 Å². The highest BCUT2D eigenvalue weighted by atomic mass is 16.7. The first-order valence-electron chi connectivity index (χ1n) is 4.86. The van der Waals surface area contributed by atoms with Crippen molar-refractivity contribution in [2.24, 2.45) is 17.6 Å². The SMILES string of the molecule is CON1CCC(N)C(C2CC2)C1. The van der Waals surface area contributed by atoms with Gasteiger partial charge in [0.05, 0.1) is 7.11 Å². The fraction of sp³-hybridized carbons (Fsp3) is 1.00. The third-order valence-electron chi connectivity index (χ3n) is 3.16. The van der Waals surface area contributed by atoms with Gasteiger partial charge in [0.25, 0.3) is 0 Å². The van der Waals surface area contributed by atoms with Crippen LogP contribution in [0.1, 0.15) is 19.3 Å². The minimum Gasteiger partial charge on any atom is -0.327 e. The highest BCUT2D eigenvalue weighted by Crippen LogP contribution is 2.40. The predicted octanol–water partition coefficient (Wildman–Crippen LogP) is 0.607. The third-order valence-corrected chi connectivity index (χ3v) is 3.16. The third kappa shape index (κ3) is 1.63. The van der Waals surface area contributed by atoms with Crippen molar-refractivity contribution in [3.63, 3.8) is 0 Å². The maximum atomic E-state index is 6.05. The lowest BCUT2D eigenvalue weighted by atomic mass is 9.90. The molecule has 2 aliphatic rings. The lowest BCUT2D eigenvalue weighted by molar-refractivity contribution is -0.157. The van der Waals surface area contributed by atoms with E-state index in [1.54, 1.807) is 7.11 Å². The van der Waals surface area contributed by atoms with E-state index in [1.165, 1.54) is 12.8 Å². The topological polar surface area (TPSA) is 38.5 Å². The van der Waals surface area contributed by atoms with Crippen LogP contribution in [0.5, 0.6) is 0 Å². The lowest BCUT2D eigenvalue weighted by Gasteiger charge is -2.35. The van der Waals surface area contributed by atoms with Gasteiger partial charge in [-0.2, -0.15) is 5.06 Å². The molecule has 2 fully saturated rings. The fourth-order valence-corrected chi connectivity index (χ4v) is 2.16. The van der Waals surface area contributed by atoms with E-state index in [1.807, 2.05) is 5.06 Å². The first-order valence-corrected chi connectivity index (χ1v) is 4.86. The largest absolute Gasteiger partial charge is 0.327 e. The molecule has 2 unspecified atom stereocenters. The Bertz CT molecular complexity index is 159. The Kier molecular flexibility index (Phi) is 2.35. The van der Waals surface area contributed by atoms with E-state index >= 15 is 0 Å². The van der Waals surface area contributed by atoms with Crippen LogP contribution in [0.4, 0.5) is 0 Å². The Balaban J connectivity index is 1.90. The van der Waals surface area contributed by atoms with Gasteiger partial charge >= 0.3 is 0 Å². The summed E-state index contributed by atoms with van der Waals surface area (Å²) in [7, 11) is 1.75. The van der Waals surface area contributed by atoms with Crippen LogP contribution in [0.3, 0.4) is 0 Å². The van der Waals surface area contributed by atoms with E-state index in [4.69, 9.17) is 10.6 Å². The highest BCUT2D eigenvalue weighted by molar-refractivity contribution is 4.91. The van der Waals surface area contributed by atoms with Crippen LogP contribution in [0.2, 0.25) is 0 Å². The van der Waals surface area contributed by atoms with Gasteiger partial charge in [-0.1, -0.05) is 0 Å². The normalized spacial score (nSPS) is 38.5. The van der Waals surface area contributed by atoms with E-state index in [0.29, 0.717) is 12.0 Å². The molecule has 2 atom stereocenters. The van der Waals surface area contributed by atoms with Gasteiger partial charge in [-0.3, -0.25) is 0 Å². The van der Waals surface area contributed by atoms with Gasteiger partial charge in [0.1, 0.15) is 0 Å². The molecule has 3 nitrogen and oxygen atoms in total. The first-order chi connectivity index (χ1) is 5.81. The Morgan fingerprint density at radius 1 is 1.33 bits per heavy atom. The van der Waals surface area contributed by atoms with Crippen molar-refractivity contribution in [1.82, 2.24) is 5.06 Å². The van der Waals surface area contributed by atoms with Crippen molar-refractivity contribution in [1.29, 1.82) is 0 Å². The van der Waals surface area contributed by atoms with Crippen molar-refractivity contribution in [3.8, 4) is 0 Å². The molecule has 12 heavy (non-hydrogen) atoms. The first kappa shape index (κ1) is 8.48. The summed E-state index contributed by atoms with van der Waals surface area (Å²) in [6, 6.07) is 0.420. The zero-order valence-electron chi connectivity index (χ0n) is 7.70. The molecule has 0 radical (unpaired) electrons. The van der Waals surface area contributed by atoms with E-state index in [-0.39, 0.29) is 0 Å². The second-order valence-electron chi connectivity index (χ2n) is 4.02.